The standard InChI is InChI=1S/C24H28O5/c1-6-27-20-14-10-18(22(16-20)28-7-2)11-15-21(25)17-8-12-19(13-9-17)29-23(26)24(3,4)5/h8-16H,6-7H2,1-5H3. The third-order valence-corrected chi connectivity index (χ3v) is 3.97. The van der Waals surface area contributed by atoms with Crippen molar-refractivity contribution in [2.45, 2.75) is 34.6 Å². The lowest BCUT2D eigenvalue weighted by atomic mass is 9.97. The minimum absolute atomic E-state index is 0.157. The molecular formula is C24H28O5. The van der Waals surface area contributed by atoms with Crippen molar-refractivity contribution in [3.05, 3.63) is 59.7 Å². The third kappa shape index (κ3) is 6.49. The predicted octanol–water partition coefficient (Wildman–Crippen LogP) is 5.33. The van der Waals surface area contributed by atoms with Crippen molar-refractivity contribution < 1.29 is 23.8 Å². The summed E-state index contributed by atoms with van der Waals surface area (Å²) in [5.41, 5.74) is 0.702. The highest BCUT2D eigenvalue weighted by molar-refractivity contribution is 6.07. The van der Waals surface area contributed by atoms with Crippen LogP contribution < -0.4 is 14.2 Å². The average molecular weight is 396 g/mol. The smallest absolute Gasteiger partial charge is 0.316 e. The molecule has 2 aromatic carbocycles. The second-order valence-electron chi connectivity index (χ2n) is 7.43. The summed E-state index contributed by atoms with van der Waals surface area (Å²) in [7, 11) is 0. The first-order chi connectivity index (χ1) is 13.7. The lowest BCUT2D eigenvalue weighted by molar-refractivity contribution is -0.142. The van der Waals surface area contributed by atoms with Crippen molar-refractivity contribution in [2.24, 2.45) is 5.41 Å². The zero-order valence-corrected chi connectivity index (χ0v) is 17.7. The molecule has 0 aromatic heterocycles. The number of carbonyl (C=O) groups excluding carboxylic acids is 2. The Morgan fingerprint density at radius 1 is 0.897 bits per heavy atom. The molecule has 0 unspecified atom stereocenters. The van der Waals surface area contributed by atoms with Crippen LogP contribution in [-0.2, 0) is 4.79 Å². The SMILES string of the molecule is CCOc1ccc(C=CC(=O)c2ccc(OC(=O)C(C)(C)C)cc2)c(OCC)c1. The van der Waals surface area contributed by atoms with E-state index in [1.165, 1.54) is 6.08 Å². The van der Waals surface area contributed by atoms with E-state index in [4.69, 9.17) is 14.2 Å². The van der Waals surface area contributed by atoms with Gasteiger partial charge in [0.15, 0.2) is 5.78 Å². The Morgan fingerprint density at radius 3 is 2.10 bits per heavy atom. The summed E-state index contributed by atoms with van der Waals surface area (Å²) in [5.74, 6) is 1.31. The summed E-state index contributed by atoms with van der Waals surface area (Å²) >= 11 is 0. The van der Waals surface area contributed by atoms with Gasteiger partial charge in [-0.2, -0.15) is 0 Å². The van der Waals surface area contributed by atoms with E-state index in [0.29, 0.717) is 30.3 Å². The van der Waals surface area contributed by atoms with E-state index >= 15 is 0 Å². The molecule has 0 spiro atoms. The molecule has 2 rings (SSSR count). The number of allylic oxidation sites excluding steroid dienone is 1. The van der Waals surface area contributed by atoms with Gasteiger partial charge in [-0.25, -0.2) is 0 Å². The van der Waals surface area contributed by atoms with Crippen LogP contribution in [0.4, 0.5) is 0 Å². The van der Waals surface area contributed by atoms with E-state index in [1.807, 2.05) is 32.0 Å². The van der Waals surface area contributed by atoms with Crippen LogP contribution in [0.2, 0.25) is 0 Å². The molecule has 0 amide bonds. The molecule has 0 aliphatic rings. The van der Waals surface area contributed by atoms with Gasteiger partial charge in [0.25, 0.3) is 0 Å². The summed E-state index contributed by atoms with van der Waals surface area (Å²) in [5, 5.41) is 0. The second kappa shape index (κ2) is 9.92. The van der Waals surface area contributed by atoms with Gasteiger partial charge in [0.05, 0.1) is 18.6 Å². The maximum absolute atomic E-state index is 12.5. The Kier molecular flexibility index (Phi) is 7.59. The monoisotopic (exact) mass is 396 g/mol. The molecule has 0 aliphatic carbocycles. The molecule has 154 valence electrons. The van der Waals surface area contributed by atoms with Gasteiger partial charge in [0.2, 0.25) is 0 Å². The van der Waals surface area contributed by atoms with Gasteiger partial charge in [-0.05, 0) is 83.2 Å². The highest BCUT2D eigenvalue weighted by Crippen LogP contribution is 2.26. The van der Waals surface area contributed by atoms with Gasteiger partial charge in [0.1, 0.15) is 17.2 Å². The van der Waals surface area contributed by atoms with E-state index in [2.05, 4.69) is 0 Å². The van der Waals surface area contributed by atoms with E-state index in [0.717, 1.165) is 11.3 Å². The molecule has 29 heavy (non-hydrogen) atoms. The highest BCUT2D eigenvalue weighted by Gasteiger charge is 2.23. The summed E-state index contributed by atoms with van der Waals surface area (Å²) in [6, 6.07) is 12.0. The zero-order valence-electron chi connectivity index (χ0n) is 17.7. The normalized spacial score (nSPS) is 11.3. The first kappa shape index (κ1) is 22.2. The Morgan fingerprint density at radius 2 is 1.52 bits per heavy atom. The summed E-state index contributed by atoms with van der Waals surface area (Å²) in [6.07, 6.45) is 3.21. The summed E-state index contributed by atoms with van der Waals surface area (Å²) < 4.78 is 16.5. The Bertz CT molecular complexity index is 873. The van der Waals surface area contributed by atoms with E-state index in [9.17, 15) is 9.59 Å². The molecule has 5 nitrogen and oxygen atoms in total. The van der Waals surface area contributed by atoms with Crippen molar-refractivity contribution in [1.82, 2.24) is 0 Å². The molecule has 0 saturated carbocycles. The number of esters is 1. The fourth-order valence-corrected chi connectivity index (χ4v) is 2.40. The predicted molar refractivity (Wildman–Crippen MR) is 114 cm³/mol. The van der Waals surface area contributed by atoms with Crippen molar-refractivity contribution in [3.63, 3.8) is 0 Å². The molecule has 0 N–H and O–H groups in total. The van der Waals surface area contributed by atoms with E-state index in [1.54, 1.807) is 51.1 Å². The summed E-state index contributed by atoms with van der Waals surface area (Å²) in [6.45, 7) is 10.3. The van der Waals surface area contributed by atoms with Crippen molar-refractivity contribution in [3.8, 4) is 17.2 Å². The fraction of sp³-hybridized carbons (Fsp3) is 0.333. The van der Waals surface area contributed by atoms with Crippen LogP contribution in [0.1, 0.15) is 50.5 Å². The first-order valence-electron chi connectivity index (χ1n) is 9.69. The van der Waals surface area contributed by atoms with Crippen LogP contribution in [0.3, 0.4) is 0 Å². The average Bonchev–Trinajstić information content (AvgIpc) is 2.67. The Balaban J connectivity index is 2.11. The molecule has 0 saturated heterocycles. The maximum atomic E-state index is 12.5. The van der Waals surface area contributed by atoms with Crippen LogP contribution in [0.15, 0.2) is 48.5 Å². The van der Waals surface area contributed by atoms with Crippen LogP contribution in [0.25, 0.3) is 6.08 Å². The lowest BCUT2D eigenvalue weighted by Crippen LogP contribution is -2.25. The van der Waals surface area contributed by atoms with E-state index in [-0.39, 0.29) is 11.8 Å². The fourth-order valence-electron chi connectivity index (χ4n) is 2.40. The molecule has 2 aromatic rings. The van der Waals surface area contributed by atoms with Gasteiger partial charge in [-0.1, -0.05) is 0 Å². The van der Waals surface area contributed by atoms with Gasteiger partial charge >= 0.3 is 5.97 Å². The van der Waals surface area contributed by atoms with Gasteiger partial charge in [0, 0.05) is 17.2 Å². The van der Waals surface area contributed by atoms with Crippen molar-refractivity contribution in [1.29, 1.82) is 0 Å². The molecule has 0 bridgehead atoms. The highest BCUT2D eigenvalue weighted by atomic mass is 16.5. The quantitative estimate of drug-likeness (QED) is 0.261. The van der Waals surface area contributed by atoms with Crippen molar-refractivity contribution >= 4 is 17.8 Å². The van der Waals surface area contributed by atoms with Crippen molar-refractivity contribution in [2.75, 3.05) is 13.2 Å². The number of ketones is 1. The second-order valence-corrected chi connectivity index (χ2v) is 7.43. The molecule has 5 heteroatoms. The molecule has 0 radical (unpaired) electrons. The lowest BCUT2D eigenvalue weighted by Gasteiger charge is -2.16. The topological polar surface area (TPSA) is 61.8 Å². The summed E-state index contributed by atoms with van der Waals surface area (Å²) in [4.78, 5) is 24.4. The van der Waals surface area contributed by atoms with Gasteiger partial charge < -0.3 is 14.2 Å². The molecule has 0 atom stereocenters. The minimum atomic E-state index is -0.590. The minimum Gasteiger partial charge on any atom is -0.494 e. The van der Waals surface area contributed by atoms with Crippen LogP contribution in [-0.4, -0.2) is 25.0 Å². The maximum Gasteiger partial charge on any atom is 0.316 e. The Labute approximate surface area is 172 Å². The van der Waals surface area contributed by atoms with Crippen LogP contribution in [0, 0.1) is 5.41 Å². The molecule has 0 heterocycles. The molecule has 0 fully saturated rings. The Hall–Kier alpha value is -3.08. The number of ether oxygens (including phenoxy) is 3. The van der Waals surface area contributed by atoms with Gasteiger partial charge in [-0.3, -0.25) is 9.59 Å². The number of hydrogen-bond donors (Lipinski definition) is 0. The van der Waals surface area contributed by atoms with E-state index < -0.39 is 5.41 Å². The number of carbonyl (C=O) groups is 2. The van der Waals surface area contributed by atoms with Crippen LogP contribution in [0.5, 0.6) is 17.2 Å². The first-order valence-corrected chi connectivity index (χ1v) is 9.69. The zero-order chi connectivity index (χ0) is 21.4. The largest absolute Gasteiger partial charge is 0.494 e. The van der Waals surface area contributed by atoms with Gasteiger partial charge in [-0.15, -0.1) is 0 Å². The van der Waals surface area contributed by atoms with Crippen LogP contribution >= 0.6 is 0 Å². The number of hydrogen-bond acceptors (Lipinski definition) is 5. The number of rotatable bonds is 8. The molecule has 0 aliphatic heterocycles. The number of benzene rings is 2. The third-order valence-electron chi connectivity index (χ3n) is 3.97. The molecular weight excluding hydrogens is 368 g/mol.